The molecule has 0 unspecified atom stereocenters. The molecule has 0 fully saturated rings. The molecule has 0 saturated carbocycles. The van der Waals surface area contributed by atoms with Crippen LogP contribution in [0, 0.1) is 5.82 Å². The number of nitrogens with two attached hydrogens (primary N) is 1. The molecule has 0 aliphatic rings. The molecule has 0 aromatic heterocycles. The normalized spacial score (nSPS) is 11.7. The van der Waals surface area contributed by atoms with Crippen molar-refractivity contribution in [3.05, 3.63) is 24.0 Å². The fourth-order valence-electron chi connectivity index (χ4n) is 2.03. The summed E-state index contributed by atoms with van der Waals surface area (Å²) in [6.45, 7) is 5.05. The van der Waals surface area contributed by atoms with E-state index in [0.29, 0.717) is 12.8 Å². The van der Waals surface area contributed by atoms with E-state index in [-0.39, 0.29) is 29.5 Å². The number of hydrogen-bond donors (Lipinski definition) is 3. The lowest BCUT2D eigenvalue weighted by molar-refractivity contribution is -0.114. The summed E-state index contributed by atoms with van der Waals surface area (Å²) < 4.78 is 41.1. The molecule has 0 aliphatic carbocycles. The van der Waals surface area contributed by atoms with E-state index in [1.165, 1.54) is 6.92 Å². The maximum absolute atomic E-state index is 13.6. The van der Waals surface area contributed by atoms with Crippen LogP contribution in [-0.2, 0) is 14.8 Å². The predicted octanol–water partition coefficient (Wildman–Crippen LogP) is 2.00. The number of amides is 1. The summed E-state index contributed by atoms with van der Waals surface area (Å²) in [6.07, 6.45) is 1.05. The van der Waals surface area contributed by atoms with Crippen molar-refractivity contribution in [3.8, 4) is 0 Å². The van der Waals surface area contributed by atoms with Crippen LogP contribution in [0.4, 0.5) is 10.1 Å². The fraction of sp³-hybridized carbons (Fsp3) is 0.500. The van der Waals surface area contributed by atoms with Gasteiger partial charge in [0, 0.05) is 19.0 Å². The van der Waals surface area contributed by atoms with E-state index in [9.17, 15) is 17.6 Å². The first kappa shape index (κ1) is 21.8. The third kappa shape index (κ3) is 5.42. The minimum absolute atomic E-state index is 0. The van der Waals surface area contributed by atoms with E-state index in [4.69, 9.17) is 5.73 Å². The number of rotatable bonds is 7. The maximum atomic E-state index is 13.6. The van der Waals surface area contributed by atoms with Crippen molar-refractivity contribution in [2.45, 2.75) is 44.0 Å². The third-order valence-corrected chi connectivity index (χ3v) is 5.23. The molecule has 0 radical (unpaired) electrons. The van der Waals surface area contributed by atoms with Gasteiger partial charge >= 0.3 is 0 Å². The van der Waals surface area contributed by atoms with Crippen molar-refractivity contribution in [2.24, 2.45) is 5.73 Å². The van der Waals surface area contributed by atoms with Crippen LogP contribution < -0.4 is 15.8 Å². The molecule has 1 aromatic carbocycles. The Bertz CT molecular complexity index is 640. The van der Waals surface area contributed by atoms with Gasteiger partial charge in [0.15, 0.2) is 0 Å². The zero-order valence-corrected chi connectivity index (χ0v) is 15.0. The zero-order chi connectivity index (χ0) is 17.0. The van der Waals surface area contributed by atoms with E-state index in [1.807, 2.05) is 13.8 Å². The third-order valence-electron chi connectivity index (χ3n) is 3.65. The monoisotopic (exact) mass is 367 g/mol. The van der Waals surface area contributed by atoms with Gasteiger partial charge in [0.05, 0.1) is 10.6 Å². The summed E-state index contributed by atoms with van der Waals surface area (Å²) in [5, 5.41) is 2.26. The van der Waals surface area contributed by atoms with Crippen molar-refractivity contribution in [1.82, 2.24) is 4.72 Å². The summed E-state index contributed by atoms with van der Waals surface area (Å²) in [5.74, 6) is -1.19. The molecular formula is C14H23ClFN3O3S. The predicted molar refractivity (Wildman–Crippen MR) is 90.6 cm³/mol. The lowest BCUT2D eigenvalue weighted by Crippen LogP contribution is -2.52. The van der Waals surface area contributed by atoms with Crippen molar-refractivity contribution >= 4 is 34.0 Å². The molecule has 1 aromatic rings. The van der Waals surface area contributed by atoms with Gasteiger partial charge in [0.25, 0.3) is 0 Å². The van der Waals surface area contributed by atoms with Crippen LogP contribution in [0.1, 0.15) is 33.6 Å². The summed E-state index contributed by atoms with van der Waals surface area (Å²) in [7, 11) is -3.88. The highest BCUT2D eigenvalue weighted by atomic mass is 35.5. The summed E-state index contributed by atoms with van der Waals surface area (Å²) in [4.78, 5) is 10.9. The average Bonchev–Trinajstić information content (AvgIpc) is 2.46. The molecule has 0 saturated heterocycles. The number of benzene rings is 1. The Labute approximate surface area is 142 Å². The first-order chi connectivity index (χ1) is 10.2. The van der Waals surface area contributed by atoms with Gasteiger partial charge in [-0.2, -0.15) is 0 Å². The Morgan fingerprint density at radius 2 is 1.87 bits per heavy atom. The Kier molecular flexibility index (Phi) is 8.13. The minimum atomic E-state index is -3.88. The molecule has 23 heavy (non-hydrogen) atoms. The van der Waals surface area contributed by atoms with E-state index < -0.39 is 27.3 Å². The van der Waals surface area contributed by atoms with Gasteiger partial charge < -0.3 is 11.1 Å². The van der Waals surface area contributed by atoms with Gasteiger partial charge in [-0.3, -0.25) is 4.79 Å². The Hall–Kier alpha value is -1.22. The topological polar surface area (TPSA) is 101 Å². The molecule has 1 rings (SSSR count). The van der Waals surface area contributed by atoms with Crippen molar-refractivity contribution in [3.63, 3.8) is 0 Å². The quantitative estimate of drug-likeness (QED) is 0.686. The van der Waals surface area contributed by atoms with Crippen LogP contribution in [0.3, 0.4) is 0 Å². The maximum Gasteiger partial charge on any atom is 0.241 e. The molecule has 132 valence electrons. The second-order valence-corrected chi connectivity index (χ2v) is 6.80. The number of sulfonamides is 1. The van der Waals surface area contributed by atoms with Crippen LogP contribution >= 0.6 is 12.4 Å². The molecule has 1 amide bonds. The van der Waals surface area contributed by atoms with Crippen LogP contribution in [0.2, 0.25) is 0 Å². The zero-order valence-electron chi connectivity index (χ0n) is 13.3. The Balaban J connectivity index is 0.00000484. The minimum Gasteiger partial charge on any atom is -0.329 e. The van der Waals surface area contributed by atoms with Crippen LogP contribution in [0.15, 0.2) is 23.1 Å². The van der Waals surface area contributed by atoms with Gasteiger partial charge in [-0.1, -0.05) is 13.8 Å². The number of anilines is 1. The van der Waals surface area contributed by atoms with Crippen LogP contribution in [0.25, 0.3) is 0 Å². The number of hydrogen-bond acceptors (Lipinski definition) is 4. The van der Waals surface area contributed by atoms with Crippen molar-refractivity contribution < 1.29 is 17.6 Å². The van der Waals surface area contributed by atoms with E-state index in [2.05, 4.69) is 10.0 Å². The molecule has 6 nitrogen and oxygen atoms in total. The molecule has 0 heterocycles. The molecule has 4 N–H and O–H groups in total. The van der Waals surface area contributed by atoms with Gasteiger partial charge in [-0.05, 0) is 31.0 Å². The van der Waals surface area contributed by atoms with Gasteiger partial charge in [0.2, 0.25) is 15.9 Å². The highest BCUT2D eigenvalue weighted by Gasteiger charge is 2.31. The highest BCUT2D eigenvalue weighted by Crippen LogP contribution is 2.23. The molecular weight excluding hydrogens is 345 g/mol. The Morgan fingerprint density at radius 3 is 2.30 bits per heavy atom. The lowest BCUT2D eigenvalue weighted by Gasteiger charge is -2.31. The number of carbonyl (C=O) groups is 1. The van der Waals surface area contributed by atoms with Crippen molar-refractivity contribution in [2.75, 3.05) is 11.9 Å². The smallest absolute Gasteiger partial charge is 0.241 e. The summed E-state index contributed by atoms with van der Waals surface area (Å²) in [6, 6.07) is 3.24. The Morgan fingerprint density at radius 1 is 1.30 bits per heavy atom. The largest absolute Gasteiger partial charge is 0.329 e. The van der Waals surface area contributed by atoms with Crippen molar-refractivity contribution in [1.29, 1.82) is 0 Å². The van der Waals surface area contributed by atoms with E-state index in [1.54, 1.807) is 0 Å². The fourth-order valence-corrected chi connectivity index (χ4v) is 3.61. The summed E-state index contributed by atoms with van der Waals surface area (Å²) >= 11 is 0. The van der Waals surface area contributed by atoms with Crippen LogP contribution in [-0.4, -0.2) is 26.4 Å². The van der Waals surface area contributed by atoms with Gasteiger partial charge in [-0.25, -0.2) is 17.5 Å². The molecule has 0 spiro atoms. The van der Waals surface area contributed by atoms with Gasteiger partial charge in [-0.15, -0.1) is 12.4 Å². The second-order valence-electron chi connectivity index (χ2n) is 5.12. The molecule has 0 aliphatic heterocycles. The first-order valence-corrected chi connectivity index (χ1v) is 8.49. The van der Waals surface area contributed by atoms with E-state index in [0.717, 1.165) is 18.2 Å². The number of carbonyl (C=O) groups excluding carboxylic acids is 1. The number of nitrogens with one attached hydrogen (secondary N) is 2. The molecule has 9 heteroatoms. The van der Waals surface area contributed by atoms with E-state index >= 15 is 0 Å². The summed E-state index contributed by atoms with van der Waals surface area (Å²) in [5.41, 5.74) is 4.76. The lowest BCUT2D eigenvalue weighted by atomic mass is 9.95. The first-order valence-electron chi connectivity index (χ1n) is 7.01. The molecule has 0 atom stereocenters. The highest BCUT2D eigenvalue weighted by molar-refractivity contribution is 7.89. The molecule has 0 bridgehead atoms. The standard InChI is InChI=1S/C14H22FN3O3S.ClH/c1-4-14(5-2,9-16)18-22(20,21)11-6-7-12(15)13(8-11)17-10(3)19;/h6-8,18H,4-5,9,16H2,1-3H3,(H,17,19);1H. The average molecular weight is 368 g/mol. The van der Waals surface area contributed by atoms with Gasteiger partial charge in [0.1, 0.15) is 5.82 Å². The van der Waals surface area contributed by atoms with Crippen LogP contribution in [0.5, 0.6) is 0 Å². The SMILES string of the molecule is CCC(CC)(CN)NS(=O)(=O)c1ccc(F)c(NC(C)=O)c1.Cl. The number of halogens is 2. The second kappa shape index (κ2) is 8.58.